The molecule has 0 atom stereocenters. The molecule has 78 valence electrons. The van der Waals surface area contributed by atoms with Crippen molar-refractivity contribution in [2.75, 3.05) is 5.73 Å². The molecular formula is C9H8ClN3O2. The molecule has 3 N–H and O–H groups in total. The van der Waals surface area contributed by atoms with Gasteiger partial charge in [-0.3, -0.25) is 4.98 Å². The number of aryl methyl sites for hydroxylation is 1. The van der Waals surface area contributed by atoms with Gasteiger partial charge in [-0.25, -0.2) is 4.79 Å². The Balaban J connectivity index is 2.98. The second kappa shape index (κ2) is 3.13. The molecule has 0 aliphatic rings. The van der Waals surface area contributed by atoms with Crippen molar-refractivity contribution in [3.63, 3.8) is 0 Å². The van der Waals surface area contributed by atoms with E-state index >= 15 is 0 Å². The summed E-state index contributed by atoms with van der Waals surface area (Å²) in [5.41, 5.74) is 6.51. The largest absolute Gasteiger partial charge is 0.477 e. The van der Waals surface area contributed by atoms with E-state index in [1.54, 1.807) is 7.05 Å². The van der Waals surface area contributed by atoms with Crippen LogP contribution < -0.4 is 5.73 Å². The molecule has 0 spiro atoms. The van der Waals surface area contributed by atoms with Gasteiger partial charge in [0.25, 0.3) is 0 Å². The molecule has 0 saturated carbocycles. The second-order valence-electron chi connectivity index (χ2n) is 3.14. The van der Waals surface area contributed by atoms with Crippen LogP contribution in [0.5, 0.6) is 0 Å². The molecule has 0 fully saturated rings. The quantitative estimate of drug-likeness (QED) is 0.771. The van der Waals surface area contributed by atoms with Crippen molar-refractivity contribution in [1.29, 1.82) is 0 Å². The Bertz CT molecular complexity index is 562. The number of hydrogen-bond acceptors (Lipinski definition) is 3. The van der Waals surface area contributed by atoms with E-state index in [2.05, 4.69) is 4.98 Å². The number of fused-ring (bicyclic) bond motifs is 1. The number of nitrogens with zero attached hydrogens (tertiary/aromatic N) is 2. The number of aromatic carboxylic acids is 1. The van der Waals surface area contributed by atoms with E-state index in [1.807, 2.05) is 0 Å². The Morgan fingerprint density at radius 2 is 2.27 bits per heavy atom. The van der Waals surface area contributed by atoms with Crippen LogP contribution in [0.2, 0.25) is 5.02 Å². The molecule has 15 heavy (non-hydrogen) atoms. The van der Waals surface area contributed by atoms with E-state index in [-0.39, 0.29) is 11.4 Å². The third-order valence-electron chi connectivity index (χ3n) is 2.29. The summed E-state index contributed by atoms with van der Waals surface area (Å²) >= 11 is 5.92. The van der Waals surface area contributed by atoms with Gasteiger partial charge in [0.15, 0.2) is 5.69 Å². The Kier molecular flexibility index (Phi) is 2.04. The molecule has 0 aliphatic carbocycles. The smallest absolute Gasteiger partial charge is 0.354 e. The molecule has 0 unspecified atom stereocenters. The molecule has 0 aliphatic heterocycles. The molecular weight excluding hydrogens is 218 g/mol. The normalized spacial score (nSPS) is 10.8. The molecule has 2 aromatic rings. The number of pyridine rings is 1. The van der Waals surface area contributed by atoms with Gasteiger partial charge >= 0.3 is 5.97 Å². The van der Waals surface area contributed by atoms with Gasteiger partial charge < -0.3 is 15.4 Å². The predicted octanol–water partition coefficient (Wildman–Crippen LogP) is 1.51. The van der Waals surface area contributed by atoms with Crippen molar-refractivity contribution in [1.82, 2.24) is 9.55 Å². The zero-order chi connectivity index (χ0) is 11.2. The first-order chi connectivity index (χ1) is 7.04. The van der Waals surface area contributed by atoms with E-state index < -0.39 is 5.97 Å². The van der Waals surface area contributed by atoms with Crippen molar-refractivity contribution >= 4 is 34.2 Å². The molecule has 2 heterocycles. The van der Waals surface area contributed by atoms with Gasteiger partial charge in [-0.15, -0.1) is 0 Å². The summed E-state index contributed by atoms with van der Waals surface area (Å²) in [5, 5.41) is 9.92. The third kappa shape index (κ3) is 1.24. The monoisotopic (exact) mass is 225 g/mol. The molecule has 0 bridgehead atoms. The average molecular weight is 226 g/mol. The minimum atomic E-state index is -1.08. The summed E-state index contributed by atoms with van der Waals surface area (Å²) in [4.78, 5) is 14.8. The van der Waals surface area contributed by atoms with E-state index in [1.165, 1.54) is 17.0 Å². The minimum Gasteiger partial charge on any atom is -0.477 e. The highest BCUT2D eigenvalue weighted by atomic mass is 35.5. The Morgan fingerprint density at radius 1 is 1.60 bits per heavy atom. The highest BCUT2D eigenvalue weighted by molar-refractivity contribution is 6.35. The molecule has 0 amide bonds. The fraction of sp³-hybridized carbons (Fsp3) is 0.111. The topological polar surface area (TPSA) is 81.1 Å². The number of carboxylic acid groups (broad SMARTS) is 1. The standard InChI is InChI=1S/C9H8ClN3O2/c1-13-7-4(2-12-3-5(7)10)6(11)8(13)9(14)15/h2-3H,11H2,1H3,(H,14,15). The molecule has 2 aromatic heterocycles. The lowest BCUT2D eigenvalue weighted by Gasteiger charge is -1.99. The first-order valence-electron chi connectivity index (χ1n) is 4.14. The van der Waals surface area contributed by atoms with E-state index in [4.69, 9.17) is 22.4 Å². The van der Waals surface area contributed by atoms with Crippen molar-refractivity contribution in [2.45, 2.75) is 0 Å². The zero-order valence-corrected chi connectivity index (χ0v) is 8.62. The van der Waals surface area contributed by atoms with Crippen molar-refractivity contribution in [2.24, 2.45) is 7.05 Å². The maximum atomic E-state index is 11.0. The third-order valence-corrected chi connectivity index (χ3v) is 2.57. The number of anilines is 1. The van der Waals surface area contributed by atoms with Crippen LogP contribution in [0.25, 0.3) is 10.9 Å². The Hall–Kier alpha value is -1.75. The fourth-order valence-corrected chi connectivity index (χ4v) is 1.93. The molecule has 6 heteroatoms. The van der Waals surface area contributed by atoms with E-state index in [0.29, 0.717) is 15.9 Å². The second-order valence-corrected chi connectivity index (χ2v) is 3.55. The van der Waals surface area contributed by atoms with Crippen LogP contribution in [0, 0.1) is 0 Å². The maximum Gasteiger partial charge on any atom is 0.354 e. The van der Waals surface area contributed by atoms with Gasteiger partial charge in [-0.05, 0) is 0 Å². The Morgan fingerprint density at radius 3 is 2.80 bits per heavy atom. The van der Waals surface area contributed by atoms with Gasteiger partial charge in [0, 0.05) is 24.8 Å². The number of rotatable bonds is 1. The molecule has 0 aromatic carbocycles. The maximum absolute atomic E-state index is 11.0. The first-order valence-corrected chi connectivity index (χ1v) is 4.52. The van der Waals surface area contributed by atoms with Crippen molar-refractivity contribution in [3.8, 4) is 0 Å². The predicted molar refractivity (Wildman–Crippen MR) is 57.1 cm³/mol. The van der Waals surface area contributed by atoms with Crippen LogP contribution in [0.1, 0.15) is 10.5 Å². The van der Waals surface area contributed by atoms with Crippen molar-refractivity contribution < 1.29 is 9.90 Å². The summed E-state index contributed by atoms with van der Waals surface area (Å²) < 4.78 is 1.46. The summed E-state index contributed by atoms with van der Waals surface area (Å²) in [7, 11) is 1.61. The molecule has 0 saturated heterocycles. The lowest BCUT2D eigenvalue weighted by atomic mass is 10.3. The molecule has 0 radical (unpaired) electrons. The summed E-state index contributed by atoms with van der Waals surface area (Å²) in [6.07, 6.45) is 2.96. The molecule has 5 nitrogen and oxygen atoms in total. The van der Waals surface area contributed by atoms with Crippen LogP contribution in [-0.4, -0.2) is 20.6 Å². The number of carbonyl (C=O) groups is 1. The summed E-state index contributed by atoms with van der Waals surface area (Å²) in [5.74, 6) is -1.08. The van der Waals surface area contributed by atoms with Crippen LogP contribution in [0.4, 0.5) is 5.69 Å². The van der Waals surface area contributed by atoms with E-state index in [9.17, 15) is 4.79 Å². The van der Waals surface area contributed by atoms with Gasteiger partial charge in [0.05, 0.1) is 16.2 Å². The average Bonchev–Trinajstić information content (AvgIpc) is 2.40. The molecule has 2 rings (SSSR count). The SMILES string of the molecule is Cn1c(C(=O)O)c(N)c2cncc(Cl)c21. The minimum absolute atomic E-state index is 0.0277. The lowest BCUT2D eigenvalue weighted by Crippen LogP contribution is -2.06. The van der Waals surface area contributed by atoms with Gasteiger partial charge in [0.1, 0.15) is 0 Å². The van der Waals surface area contributed by atoms with E-state index in [0.717, 1.165) is 0 Å². The highest BCUT2D eigenvalue weighted by Crippen LogP contribution is 2.31. The first kappa shape index (κ1) is 9.79. The summed E-state index contributed by atoms with van der Waals surface area (Å²) in [6.45, 7) is 0. The number of hydrogen-bond donors (Lipinski definition) is 2. The van der Waals surface area contributed by atoms with Crippen LogP contribution in [0.3, 0.4) is 0 Å². The van der Waals surface area contributed by atoms with Crippen molar-refractivity contribution in [3.05, 3.63) is 23.1 Å². The number of halogens is 1. The van der Waals surface area contributed by atoms with Gasteiger partial charge in [0.2, 0.25) is 0 Å². The zero-order valence-electron chi connectivity index (χ0n) is 7.86. The fourth-order valence-electron chi connectivity index (χ4n) is 1.64. The van der Waals surface area contributed by atoms with Gasteiger partial charge in [-0.2, -0.15) is 0 Å². The van der Waals surface area contributed by atoms with Gasteiger partial charge in [-0.1, -0.05) is 11.6 Å². The van der Waals surface area contributed by atoms with Crippen LogP contribution >= 0.6 is 11.6 Å². The number of carboxylic acids is 1. The number of aromatic nitrogens is 2. The Labute approximate surface area is 90.1 Å². The highest BCUT2D eigenvalue weighted by Gasteiger charge is 2.19. The van der Waals surface area contributed by atoms with Crippen LogP contribution in [0.15, 0.2) is 12.4 Å². The number of nitrogens with two attached hydrogens (primary N) is 1. The summed E-state index contributed by atoms with van der Waals surface area (Å²) in [6, 6.07) is 0. The lowest BCUT2D eigenvalue weighted by molar-refractivity contribution is 0.0688. The number of nitrogen functional groups attached to an aromatic ring is 1. The van der Waals surface area contributed by atoms with Crippen LogP contribution in [-0.2, 0) is 7.05 Å².